The Kier molecular flexibility index (Phi) is 3.99. The van der Waals surface area contributed by atoms with Gasteiger partial charge >= 0.3 is 11.9 Å². The molecule has 20 heavy (non-hydrogen) atoms. The highest BCUT2D eigenvalue weighted by Gasteiger charge is 2.43. The summed E-state index contributed by atoms with van der Waals surface area (Å²) in [6.07, 6.45) is 0. The fourth-order valence-corrected chi connectivity index (χ4v) is 2.24. The summed E-state index contributed by atoms with van der Waals surface area (Å²) in [6.45, 7) is 0.383. The van der Waals surface area contributed by atoms with Gasteiger partial charge in [0.2, 0.25) is 0 Å². The highest BCUT2D eigenvalue weighted by molar-refractivity contribution is 5.98. The van der Waals surface area contributed by atoms with Crippen molar-refractivity contribution in [2.24, 2.45) is 0 Å². The van der Waals surface area contributed by atoms with Gasteiger partial charge in [0.05, 0.1) is 0 Å². The summed E-state index contributed by atoms with van der Waals surface area (Å²) in [5, 5.41) is 20.9. The summed E-state index contributed by atoms with van der Waals surface area (Å²) < 4.78 is 0. The van der Waals surface area contributed by atoms with Gasteiger partial charge in [0, 0.05) is 18.7 Å². The first kappa shape index (κ1) is 14.0. The van der Waals surface area contributed by atoms with Crippen LogP contribution in [0.15, 0.2) is 30.3 Å². The molecule has 0 bridgehead atoms. The normalized spacial score (nSPS) is 22.3. The van der Waals surface area contributed by atoms with E-state index in [-0.39, 0.29) is 13.1 Å². The maximum absolute atomic E-state index is 12.3. The zero-order valence-corrected chi connectivity index (χ0v) is 10.5. The summed E-state index contributed by atoms with van der Waals surface area (Å²) in [5.74, 6) is -3.11. The number of aliphatic carboxylic acids is 2. The topological polar surface area (TPSA) is 107 Å². The number of nitrogens with one attached hydrogen (secondary N) is 1. The number of benzene rings is 1. The lowest BCUT2D eigenvalue weighted by atomic mass is 10.0. The lowest BCUT2D eigenvalue weighted by Gasteiger charge is -2.37. The minimum Gasteiger partial charge on any atom is -0.480 e. The number of amides is 1. The highest BCUT2D eigenvalue weighted by atomic mass is 16.4. The average molecular weight is 278 g/mol. The van der Waals surface area contributed by atoms with E-state index in [1.165, 1.54) is 0 Å². The molecule has 1 saturated heterocycles. The van der Waals surface area contributed by atoms with E-state index in [1.54, 1.807) is 30.3 Å². The van der Waals surface area contributed by atoms with E-state index in [1.807, 2.05) is 0 Å². The number of piperazine rings is 1. The molecular weight excluding hydrogens is 264 g/mol. The van der Waals surface area contributed by atoms with Crippen molar-refractivity contribution in [2.75, 3.05) is 13.1 Å². The van der Waals surface area contributed by atoms with Crippen molar-refractivity contribution < 1.29 is 24.6 Å². The minimum atomic E-state index is -1.42. The van der Waals surface area contributed by atoms with Crippen LogP contribution in [0.25, 0.3) is 0 Å². The molecule has 0 aromatic heterocycles. The first-order valence-corrected chi connectivity index (χ1v) is 6.07. The van der Waals surface area contributed by atoms with E-state index in [4.69, 9.17) is 5.11 Å². The molecule has 7 nitrogen and oxygen atoms in total. The molecule has 0 unspecified atom stereocenters. The fourth-order valence-electron chi connectivity index (χ4n) is 2.24. The Bertz CT molecular complexity index is 531. The number of carbonyl (C=O) groups is 3. The second kappa shape index (κ2) is 5.70. The first-order valence-electron chi connectivity index (χ1n) is 6.07. The van der Waals surface area contributed by atoms with Crippen LogP contribution < -0.4 is 5.32 Å². The second-order valence-corrected chi connectivity index (χ2v) is 4.42. The Morgan fingerprint density at radius 3 is 2.30 bits per heavy atom. The third-order valence-electron chi connectivity index (χ3n) is 3.17. The Morgan fingerprint density at radius 2 is 1.75 bits per heavy atom. The van der Waals surface area contributed by atoms with Crippen molar-refractivity contribution in [1.29, 1.82) is 0 Å². The van der Waals surface area contributed by atoms with E-state index in [0.29, 0.717) is 5.56 Å². The number of carbonyl (C=O) groups excluding carboxylic acids is 1. The molecule has 2 atom stereocenters. The van der Waals surface area contributed by atoms with Crippen LogP contribution in [0.2, 0.25) is 0 Å². The molecule has 3 N–H and O–H groups in total. The van der Waals surface area contributed by atoms with E-state index < -0.39 is 29.9 Å². The monoisotopic (exact) mass is 278 g/mol. The van der Waals surface area contributed by atoms with E-state index >= 15 is 0 Å². The van der Waals surface area contributed by atoms with Crippen LogP contribution in [0.5, 0.6) is 0 Å². The second-order valence-electron chi connectivity index (χ2n) is 4.42. The largest absolute Gasteiger partial charge is 0.480 e. The molecule has 106 valence electrons. The Balaban J connectivity index is 2.31. The number of carboxylic acid groups (broad SMARTS) is 2. The smallest absolute Gasteiger partial charge is 0.328 e. The molecule has 2 rings (SSSR count). The van der Waals surface area contributed by atoms with Crippen LogP contribution >= 0.6 is 0 Å². The first-order chi connectivity index (χ1) is 9.52. The van der Waals surface area contributed by atoms with Crippen molar-refractivity contribution in [3.05, 3.63) is 35.9 Å². The van der Waals surface area contributed by atoms with Crippen LogP contribution in [0.3, 0.4) is 0 Å². The van der Waals surface area contributed by atoms with Crippen molar-refractivity contribution in [2.45, 2.75) is 12.1 Å². The zero-order chi connectivity index (χ0) is 14.7. The Labute approximate surface area is 114 Å². The molecule has 1 fully saturated rings. The molecule has 0 radical (unpaired) electrons. The van der Waals surface area contributed by atoms with Gasteiger partial charge < -0.3 is 20.4 Å². The van der Waals surface area contributed by atoms with E-state index in [0.717, 1.165) is 4.90 Å². The van der Waals surface area contributed by atoms with Gasteiger partial charge in [-0.1, -0.05) is 18.2 Å². The van der Waals surface area contributed by atoms with Gasteiger partial charge in [0.25, 0.3) is 5.91 Å². The molecular formula is C13H14N2O5. The predicted octanol–water partition coefficient (Wildman–Crippen LogP) is -0.362. The van der Waals surface area contributed by atoms with Crippen molar-refractivity contribution in [3.63, 3.8) is 0 Å². The molecule has 1 aromatic rings. The number of hydrogen-bond donors (Lipinski definition) is 3. The molecule has 1 aliphatic heterocycles. The van der Waals surface area contributed by atoms with Gasteiger partial charge in [0.1, 0.15) is 6.04 Å². The summed E-state index contributed by atoms with van der Waals surface area (Å²) in [5.41, 5.74) is 0.338. The third kappa shape index (κ3) is 2.62. The number of nitrogens with zero attached hydrogens (tertiary/aromatic N) is 1. The third-order valence-corrected chi connectivity index (χ3v) is 3.17. The molecule has 1 aromatic carbocycles. The average Bonchev–Trinajstić information content (AvgIpc) is 2.46. The predicted molar refractivity (Wildman–Crippen MR) is 68.3 cm³/mol. The highest BCUT2D eigenvalue weighted by Crippen LogP contribution is 2.15. The summed E-state index contributed by atoms with van der Waals surface area (Å²) in [7, 11) is 0. The molecule has 1 amide bonds. The summed E-state index contributed by atoms with van der Waals surface area (Å²) in [4.78, 5) is 35.8. The summed E-state index contributed by atoms with van der Waals surface area (Å²) in [6, 6.07) is 5.48. The fraction of sp³-hybridized carbons (Fsp3) is 0.308. The van der Waals surface area contributed by atoms with Gasteiger partial charge in [-0.15, -0.1) is 0 Å². The summed E-state index contributed by atoms with van der Waals surface area (Å²) >= 11 is 0. The van der Waals surface area contributed by atoms with Crippen LogP contribution in [-0.4, -0.2) is 58.1 Å². The van der Waals surface area contributed by atoms with Crippen molar-refractivity contribution in [1.82, 2.24) is 10.2 Å². The van der Waals surface area contributed by atoms with Gasteiger partial charge in [-0.3, -0.25) is 9.59 Å². The zero-order valence-electron chi connectivity index (χ0n) is 10.5. The van der Waals surface area contributed by atoms with Crippen LogP contribution in [0.1, 0.15) is 10.4 Å². The van der Waals surface area contributed by atoms with E-state index in [2.05, 4.69) is 5.32 Å². The number of rotatable bonds is 3. The molecule has 0 aliphatic carbocycles. The van der Waals surface area contributed by atoms with Gasteiger partial charge in [-0.25, -0.2) is 4.79 Å². The maximum Gasteiger partial charge on any atom is 0.328 e. The molecule has 1 aliphatic rings. The number of hydrogen-bond acceptors (Lipinski definition) is 4. The standard InChI is InChI=1S/C13H14N2O5/c16-11(8-4-2-1-3-5-8)15-7-6-14-9(12(17)18)10(15)13(19)20/h1-5,9-10,14H,6-7H2,(H,17,18)(H,19,20)/t9-,10+/m0/s1. The minimum absolute atomic E-state index is 0.147. The molecule has 7 heteroatoms. The maximum atomic E-state index is 12.3. The molecule has 0 saturated carbocycles. The van der Waals surface area contributed by atoms with Crippen LogP contribution in [0.4, 0.5) is 0 Å². The van der Waals surface area contributed by atoms with E-state index in [9.17, 15) is 19.5 Å². The van der Waals surface area contributed by atoms with Crippen molar-refractivity contribution in [3.8, 4) is 0 Å². The van der Waals surface area contributed by atoms with Crippen LogP contribution in [-0.2, 0) is 9.59 Å². The van der Waals surface area contributed by atoms with Crippen molar-refractivity contribution >= 4 is 17.8 Å². The van der Waals surface area contributed by atoms with Gasteiger partial charge in [0.15, 0.2) is 6.04 Å². The lowest BCUT2D eigenvalue weighted by molar-refractivity contribution is -0.152. The van der Waals surface area contributed by atoms with Gasteiger partial charge in [-0.2, -0.15) is 0 Å². The molecule has 0 spiro atoms. The van der Waals surface area contributed by atoms with Crippen LogP contribution in [0, 0.1) is 0 Å². The Morgan fingerprint density at radius 1 is 1.10 bits per heavy atom. The SMILES string of the molecule is O=C(O)[C@H]1NCCN(C(=O)c2ccccc2)[C@H]1C(=O)O. The quantitative estimate of drug-likeness (QED) is 0.697. The Hall–Kier alpha value is -2.41. The lowest BCUT2D eigenvalue weighted by Crippen LogP contribution is -2.65. The molecule has 1 heterocycles. The number of carboxylic acids is 2. The van der Waals surface area contributed by atoms with Gasteiger partial charge in [-0.05, 0) is 12.1 Å².